The second kappa shape index (κ2) is 11.9. The minimum absolute atomic E-state index is 0.213. The van der Waals surface area contributed by atoms with Gasteiger partial charge in [0.15, 0.2) is 0 Å². The topological polar surface area (TPSA) is 71.5 Å². The first-order valence-corrected chi connectivity index (χ1v) is 13.3. The number of aryl methyl sites for hydroxylation is 2. The Hall–Kier alpha value is -3.50. The van der Waals surface area contributed by atoms with Gasteiger partial charge in [-0.2, -0.15) is 13.2 Å². The predicted molar refractivity (Wildman–Crippen MR) is 139 cm³/mol. The van der Waals surface area contributed by atoms with Gasteiger partial charge in [-0.15, -0.1) is 23.1 Å². The summed E-state index contributed by atoms with van der Waals surface area (Å²) in [5.74, 6) is 0.426. The number of carbonyl (C=O) groups is 1. The maximum absolute atomic E-state index is 13.0. The van der Waals surface area contributed by atoms with Crippen molar-refractivity contribution >= 4 is 29.1 Å². The highest BCUT2D eigenvalue weighted by molar-refractivity contribution is 7.98. The second-order valence-electron chi connectivity index (χ2n) is 8.44. The first kappa shape index (κ1) is 27.5. The molecular weight excluding hydrogens is 535 g/mol. The van der Waals surface area contributed by atoms with Crippen molar-refractivity contribution in [3.8, 4) is 22.1 Å². The molecule has 0 atom stereocenters. The Morgan fingerprint density at radius 2 is 1.71 bits per heavy atom. The van der Waals surface area contributed by atoms with E-state index in [1.54, 1.807) is 17.8 Å². The van der Waals surface area contributed by atoms with E-state index in [1.807, 2.05) is 50.2 Å². The van der Waals surface area contributed by atoms with E-state index in [0.717, 1.165) is 33.0 Å². The number of carboxylic acids is 1. The lowest BCUT2D eigenvalue weighted by Crippen LogP contribution is -2.29. The number of nitrogens with zero attached hydrogens (tertiary/aromatic N) is 1. The fraction of sp³-hybridized carbons (Fsp3) is 0.214. The van der Waals surface area contributed by atoms with Crippen LogP contribution in [0.2, 0.25) is 0 Å². The van der Waals surface area contributed by atoms with Crippen LogP contribution in [0, 0.1) is 13.8 Å². The molecule has 0 saturated heterocycles. The SMILES string of the molecule is Cc1ccc(OCc2nc(-c3ccc(C(F)(F)F)cc3)sc2CSc2ccc(OCC(=O)[O-])c(C)c2)cc1. The molecule has 5 nitrogen and oxygen atoms in total. The summed E-state index contributed by atoms with van der Waals surface area (Å²) in [6, 6.07) is 18.1. The summed E-state index contributed by atoms with van der Waals surface area (Å²) in [6.45, 7) is 3.50. The smallest absolute Gasteiger partial charge is 0.416 e. The van der Waals surface area contributed by atoms with Crippen LogP contribution < -0.4 is 14.6 Å². The summed E-state index contributed by atoms with van der Waals surface area (Å²) in [7, 11) is 0. The maximum Gasteiger partial charge on any atom is 0.416 e. The molecule has 0 fully saturated rings. The van der Waals surface area contributed by atoms with E-state index < -0.39 is 24.3 Å². The molecule has 0 aliphatic rings. The second-order valence-corrected chi connectivity index (χ2v) is 10.6. The van der Waals surface area contributed by atoms with Gasteiger partial charge in [-0.3, -0.25) is 0 Å². The van der Waals surface area contributed by atoms with Crippen LogP contribution >= 0.6 is 23.1 Å². The molecule has 0 spiro atoms. The number of hydrogen-bond donors (Lipinski definition) is 0. The fourth-order valence-electron chi connectivity index (χ4n) is 3.48. The van der Waals surface area contributed by atoms with Crippen LogP contribution in [-0.4, -0.2) is 17.6 Å². The zero-order valence-corrected chi connectivity index (χ0v) is 22.1. The Morgan fingerprint density at radius 1 is 1.00 bits per heavy atom. The number of alkyl halides is 3. The largest absolute Gasteiger partial charge is 0.546 e. The van der Waals surface area contributed by atoms with Crippen LogP contribution in [0.4, 0.5) is 13.2 Å². The molecule has 1 aromatic heterocycles. The highest BCUT2D eigenvalue weighted by Gasteiger charge is 2.30. The van der Waals surface area contributed by atoms with Crippen molar-refractivity contribution in [2.24, 2.45) is 0 Å². The van der Waals surface area contributed by atoms with E-state index in [0.29, 0.717) is 33.5 Å². The lowest BCUT2D eigenvalue weighted by molar-refractivity contribution is -0.307. The quantitative estimate of drug-likeness (QED) is 0.209. The van der Waals surface area contributed by atoms with E-state index in [-0.39, 0.29) is 6.61 Å². The Kier molecular flexibility index (Phi) is 8.63. The summed E-state index contributed by atoms with van der Waals surface area (Å²) in [5.41, 5.74) is 2.50. The maximum atomic E-state index is 13.0. The third kappa shape index (κ3) is 7.29. The molecule has 38 heavy (non-hydrogen) atoms. The van der Waals surface area contributed by atoms with Gasteiger partial charge in [0, 0.05) is 21.1 Å². The van der Waals surface area contributed by atoms with Gasteiger partial charge in [0.25, 0.3) is 0 Å². The number of halogens is 3. The summed E-state index contributed by atoms with van der Waals surface area (Å²) in [4.78, 5) is 17.2. The van der Waals surface area contributed by atoms with Gasteiger partial charge >= 0.3 is 6.18 Å². The molecule has 0 amide bonds. The van der Waals surface area contributed by atoms with Gasteiger partial charge in [0.05, 0.1) is 17.2 Å². The van der Waals surface area contributed by atoms with Crippen molar-refractivity contribution < 1.29 is 32.5 Å². The monoisotopic (exact) mass is 558 g/mol. The minimum atomic E-state index is -4.40. The molecule has 0 saturated carbocycles. The number of thiazole rings is 1. The molecule has 0 aliphatic carbocycles. The standard InChI is InChI=1S/C28H24F3NO4S2/c1-17-3-9-21(10-4-17)35-14-23-25(16-37-22-11-12-24(18(2)13-22)36-15-26(33)34)38-27(32-23)19-5-7-20(8-6-19)28(29,30)31/h3-13H,14-16H2,1-2H3,(H,33,34)/p-1. The first-order chi connectivity index (χ1) is 18.1. The molecule has 4 aromatic rings. The number of carboxylic acid groups (broad SMARTS) is 1. The summed E-state index contributed by atoms with van der Waals surface area (Å²) >= 11 is 2.97. The van der Waals surface area contributed by atoms with Crippen LogP contribution in [0.3, 0.4) is 0 Å². The van der Waals surface area contributed by atoms with Crippen molar-refractivity contribution in [1.82, 2.24) is 4.98 Å². The van der Waals surface area contributed by atoms with Crippen LogP contribution in [0.5, 0.6) is 11.5 Å². The molecule has 0 unspecified atom stereocenters. The highest BCUT2D eigenvalue weighted by Crippen LogP contribution is 2.36. The zero-order valence-electron chi connectivity index (χ0n) is 20.5. The van der Waals surface area contributed by atoms with Crippen LogP contribution in [0.25, 0.3) is 10.6 Å². The number of thioether (sulfide) groups is 1. The van der Waals surface area contributed by atoms with Gasteiger partial charge in [0.1, 0.15) is 29.7 Å². The number of aliphatic carboxylic acids is 1. The normalized spacial score (nSPS) is 11.4. The number of carbonyl (C=O) groups excluding carboxylic acids is 1. The van der Waals surface area contributed by atoms with Crippen molar-refractivity contribution in [1.29, 1.82) is 0 Å². The Balaban J connectivity index is 1.54. The summed E-state index contributed by atoms with van der Waals surface area (Å²) in [6.07, 6.45) is -4.40. The number of hydrogen-bond acceptors (Lipinski definition) is 7. The average molecular weight is 559 g/mol. The van der Waals surface area contributed by atoms with E-state index in [9.17, 15) is 23.1 Å². The van der Waals surface area contributed by atoms with Gasteiger partial charge in [-0.1, -0.05) is 29.8 Å². The molecule has 3 aromatic carbocycles. The summed E-state index contributed by atoms with van der Waals surface area (Å²) < 4.78 is 50.2. The molecule has 1 heterocycles. The molecule has 10 heteroatoms. The lowest BCUT2D eigenvalue weighted by atomic mass is 10.1. The lowest BCUT2D eigenvalue weighted by Gasteiger charge is -2.11. The van der Waals surface area contributed by atoms with Crippen molar-refractivity contribution in [2.45, 2.75) is 37.3 Å². The van der Waals surface area contributed by atoms with Crippen molar-refractivity contribution in [3.63, 3.8) is 0 Å². The average Bonchev–Trinajstić information content (AvgIpc) is 3.29. The fourth-order valence-corrected chi connectivity index (χ4v) is 5.65. The van der Waals surface area contributed by atoms with Gasteiger partial charge < -0.3 is 19.4 Å². The third-order valence-electron chi connectivity index (χ3n) is 5.50. The Morgan fingerprint density at radius 3 is 2.34 bits per heavy atom. The number of rotatable bonds is 10. The minimum Gasteiger partial charge on any atom is -0.546 e. The third-order valence-corrected chi connectivity index (χ3v) is 7.85. The highest BCUT2D eigenvalue weighted by atomic mass is 32.2. The van der Waals surface area contributed by atoms with Crippen LogP contribution in [0.1, 0.15) is 27.3 Å². The zero-order chi connectivity index (χ0) is 27.3. The van der Waals surface area contributed by atoms with Crippen molar-refractivity contribution in [2.75, 3.05) is 6.61 Å². The van der Waals surface area contributed by atoms with Crippen LogP contribution in [0.15, 0.2) is 71.6 Å². The Bertz CT molecular complexity index is 1400. The number of benzene rings is 3. The predicted octanol–water partition coefficient (Wildman–Crippen LogP) is 6.45. The molecule has 0 radical (unpaired) electrons. The molecule has 0 aliphatic heterocycles. The number of aromatic nitrogens is 1. The number of ether oxygens (including phenoxy) is 2. The van der Waals surface area contributed by atoms with E-state index in [4.69, 9.17) is 14.5 Å². The van der Waals surface area contributed by atoms with Crippen molar-refractivity contribution in [3.05, 3.63) is 94.0 Å². The van der Waals surface area contributed by atoms with Gasteiger partial charge in [-0.05, 0) is 61.9 Å². The van der Waals surface area contributed by atoms with Gasteiger partial charge in [0.2, 0.25) is 0 Å². The van der Waals surface area contributed by atoms with E-state index >= 15 is 0 Å². The first-order valence-electron chi connectivity index (χ1n) is 11.5. The molecule has 4 rings (SSSR count). The van der Waals surface area contributed by atoms with Gasteiger partial charge in [-0.25, -0.2) is 4.98 Å². The molecule has 198 valence electrons. The van der Waals surface area contributed by atoms with Crippen LogP contribution in [-0.2, 0) is 23.3 Å². The molecule has 0 bridgehead atoms. The van der Waals surface area contributed by atoms with E-state index in [2.05, 4.69) is 0 Å². The molecular formula is C28H23F3NO4S2-. The molecule has 0 N–H and O–H groups in total. The Labute approximate surface area is 226 Å². The van der Waals surface area contributed by atoms with E-state index in [1.165, 1.54) is 23.5 Å². The summed E-state index contributed by atoms with van der Waals surface area (Å²) in [5, 5.41) is 11.3.